The molecule has 0 unspecified atom stereocenters. The molecule has 1 fully saturated rings. The Bertz CT molecular complexity index is 260. The summed E-state index contributed by atoms with van der Waals surface area (Å²) in [6.07, 6.45) is 5.12. The highest BCUT2D eigenvalue weighted by molar-refractivity contribution is 5.19. The van der Waals surface area contributed by atoms with Gasteiger partial charge in [0.05, 0.1) is 12.3 Å². The van der Waals surface area contributed by atoms with Gasteiger partial charge in [0.25, 0.3) is 0 Å². The van der Waals surface area contributed by atoms with Gasteiger partial charge in [0.2, 0.25) is 0 Å². The minimum Gasteiger partial charge on any atom is -0.486 e. The van der Waals surface area contributed by atoms with Crippen LogP contribution < -0.4 is 4.74 Å². The predicted octanol–water partition coefficient (Wildman–Crippen LogP) is 1.76. The van der Waals surface area contributed by atoms with Crippen LogP contribution in [-0.2, 0) is 0 Å². The van der Waals surface area contributed by atoms with E-state index in [1.165, 1.54) is 18.5 Å². The average Bonchev–Trinajstić information content (AvgIpc) is 2.78. The van der Waals surface area contributed by atoms with Crippen molar-refractivity contribution < 1.29 is 9.13 Å². The molecule has 0 spiro atoms. The van der Waals surface area contributed by atoms with Gasteiger partial charge in [-0.3, -0.25) is 4.98 Å². The first-order chi connectivity index (χ1) is 5.36. The van der Waals surface area contributed by atoms with Crippen LogP contribution in [0.2, 0.25) is 0 Å². The lowest BCUT2D eigenvalue weighted by atomic mass is 10.4. The number of hydrogen-bond donors (Lipinski definition) is 0. The van der Waals surface area contributed by atoms with E-state index in [1.807, 2.05) is 0 Å². The maximum Gasteiger partial charge on any atom is 0.173 e. The van der Waals surface area contributed by atoms with Crippen molar-refractivity contribution >= 4 is 0 Å². The molecule has 1 aromatic heterocycles. The number of hydrogen-bond acceptors (Lipinski definition) is 2. The number of rotatable bonds is 2. The van der Waals surface area contributed by atoms with Crippen molar-refractivity contribution in [2.45, 2.75) is 18.9 Å². The SMILES string of the molecule is Fc1ccncc1OC1CC1. The van der Waals surface area contributed by atoms with E-state index in [9.17, 15) is 4.39 Å². The summed E-state index contributed by atoms with van der Waals surface area (Å²) >= 11 is 0. The van der Waals surface area contributed by atoms with Gasteiger partial charge in [0.15, 0.2) is 11.6 Å². The summed E-state index contributed by atoms with van der Waals surface area (Å²) in [5.74, 6) is -0.0538. The molecule has 0 aliphatic heterocycles. The van der Waals surface area contributed by atoms with E-state index in [0.717, 1.165) is 12.8 Å². The molecule has 0 radical (unpaired) electrons. The lowest BCUT2D eigenvalue weighted by Crippen LogP contribution is -1.98. The number of nitrogens with zero attached hydrogens (tertiary/aromatic N) is 1. The molecule has 1 aliphatic rings. The first kappa shape index (κ1) is 6.58. The van der Waals surface area contributed by atoms with Gasteiger partial charge in [0.1, 0.15) is 0 Å². The number of pyridine rings is 1. The Morgan fingerprint density at radius 1 is 1.55 bits per heavy atom. The largest absolute Gasteiger partial charge is 0.486 e. The van der Waals surface area contributed by atoms with E-state index in [0.29, 0.717) is 0 Å². The summed E-state index contributed by atoms with van der Waals surface area (Å²) < 4.78 is 18.0. The van der Waals surface area contributed by atoms with Crippen molar-refractivity contribution in [3.05, 3.63) is 24.3 Å². The van der Waals surface area contributed by atoms with E-state index >= 15 is 0 Å². The van der Waals surface area contributed by atoms with Crippen molar-refractivity contribution in [2.75, 3.05) is 0 Å². The summed E-state index contributed by atoms with van der Waals surface area (Å²) in [5.41, 5.74) is 0. The zero-order chi connectivity index (χ0) is 7.68. The Labute approximate surface area is 64.0 Å². The Balaban J connectivity index is 2.15. The van der Waals surface area contributed by atoms with E-state index in [-0.39, 0.29) is 17.7 Å². The Morgan fingerprint density at radius 2 is 2.36 bits per heavy atom. The monoisotopic (exact) mass is 153 g/mol. The second kappa shape index (κ2) is 2.49. The number of aromatic nitrogens is 1. The maximum absolute atomic E-state index is 12.8. The normalized spacial score (nSPS) is 16.5. The van der Waals surface area contributed by atoms with Gasteiger partial charge in [-0.15, -0.1) is 0 Å². The molecule has 0 N–H and O–H groups in total. The maximum atomic E-state index is 12.8. The Kier molecular flexibility index (Phi) is 1.49. The molecule has 1 saturated carbocycles. The third kappa shape index (κ3) is 1.48. The molecule has 0 aromatic carbocycles. The molecule has 1 aliphatic carbocycles. The standard InChI is InChI=1S/C8H8FNO/c9-7-3-4-10-5-8(7)11-6-1-2-6/h3-6H,1-2H2. The highest BCUT2D eigenvalue weighted by Gasteiger charge is 2.24. The summed E-state index contributed by atoms with van der Waals surface area (Å²) in [4.78, 5) is 3.76. The smallest absolute Gasteiger partial charge is 0.173 e. The molecule has 2 nitrogen and oxygen atoms in total. The van der Waals surface area contributed by atoms with Crippen molar-refractivity contribution in [2.24, 2.45) is 0 Å². The van der Waals surface area contributed by atoms with Crippen LogP contribution in [0.25, 0.3) is 0 Å². The molecule has 0 saturated heterocycles. The molecule has 0 amide bonds. The second-order valence-electron chi connectivity index (χ2n) is 2.62. The second-order valence-corrected chi connectivity index (χ2v) is 2.62. The Hall–Kier alpha value is -1.12. The first-order valence-electron chi connectivity index (χ1n) is 3.62. The van der Waals surface area contributed by atoms with Crippen molar-refractivity contribution in [1.29, 1.82) is 0 Å². The third-order valence-corrected chi connectivity index (χ3v) is 1.55. The molecule has 58 valence electrons. The van der Waals surface area contributed by atoms with E-state index < -0.39 is 0 Å². The predicted molar refractivity (Wildman–Crippen MR) is 37.8 cm³/mol. The van der Waals surface area contributed by atoms with Crippen LogP contribution in [0.4, 0.5) is 4.39 Å². The highest BCUT2D eigenvalue weighted by atomic mass is 19.1. The summed E-state index contributed by atoms with van der Waals surface area (Å²) in [7, 11) is 0. The summed E-state index contributed by atoms with van der Waals surface area (Å²) in [5, 5.41) is 0. The van der Waals surface area contributed by atoms with E-state index in [4.69, 9.17) is 4.74 Å². The number of halogens is 1. The van der Waals surface area contributed by atoms with Crippen LogP contribution in [0.3, 0.4) is 0 Å². The van der Waals surface area contributed by atoms with Gasteiger partial charge in [-0.2, -0.15) is 0 Å². The summed E-state index contributed by atoms with van der Waals surface area (Å²) in [6.45, 7) is 0. The van der Waals surface area contributed by atoms with Crippen LogP contribution in [0.1, 0.15) is 12.8 Å². The minimum atomic E-state index is -0.327. The molecule has 3 heteroatoms. The van der Waals surface area contributed by atoms with Gasteiger partial charge in [-0.05, 0) is 18.9 Å². The van der Waals surface area contributed by atoms with Crippen LogP contribution >= 0.6 is 0 Å². The molecular weight excluding hydrogens is 145 g/mol. The Morgan fingerprint density at radius 3 is 3.00 bits per heavy atom. The van der Waals surface area contributed by atoms with Crippen LogP contribution in [0.15, 0.2) is 18.5 Å². The van der Waals surface area contributed by atoms with Crippen molar-refractivity contribution in [3.8, 4) is 5.75 Å². The van der Waals surface area contributed by atoms with E-state index in [1.54, 1.807) is 0 Å². The lowest BCUT2D eigenvalue weighted by Gasteiger charge is -2.02. The molecular formula is C8H8FNO. The molecule has 2 rings (SSSR count). The fourth-order valence-electron chi connectivity index (χ4n) is 0.815. The lowest BCUT2D eigenvalue weighted by molar-refractivity contribution is 0.286. The van der Waals surface area contributed by atoms with Crippen LogP contribution in [0.5, 0.6) is 5.75 Å². The van der Waals surface area contributed by atoms with Crippen LogP contribution in [0, 0.1) is 5.82 Å². The summed E-state index contributed by atoms with van der Waals surface area (Å²) in [6, 6.07) is 1.30. The fourth-order valence-corrected chi connectivity index (χ4v) is 0.815. The highest BCUT2D eigenvalue weighted by Crippen LogP contribution is 2.27. The zero-order valence-electron chi connectivity index (χ0n) is 5.96. The fraction of sp³-hybridized carbons (Fsp3) is 0.375. The molecule has 11 heavy (non-hydrogen) atoms. The minimum absolute atomic E-state index is 0.230. The van der Waals surface area contributed by atoms with E-state index in [2.05, 4.69) is 4.98 Å². The quantitative estimate of drug-likeness (QED) is 0.645. The first-order valence-corrected chi connectivity index (χ1v) is 3.62. The van der Waals surface area contributed by atoms with Gasteiger partial charge >= 0.3 is 0 Å². The molecule has 1 aromatic rings. The van der Waals surface area contributed by atoms with Gasteiger partial charge in [0, 0.05) is 6.20 Å². The van der Waals surface area contributed by atoms with Gasteiger partial charge in [-0.25, -0.2) is 4.39 Å². The zero-order valence-corrected chi connectivity index (χ0v) is 5.96. The number of ether oxygens (including phenoxy) is 1. The molecule has 0 atom stereocenters. The van der Waals surface area contributed by atoms with Gasteiger partial charge < -0.3 is 4.74 Å². The van der Waals surface area contributed by atoms with Crippen molar-refractivity contribution in [3.63, 3.8) is 0 Å². The molecule has 0 bridgehead atoms. The topological polar surface area (TPSA) is 22.1 Å². The molecule has 1 heterocycles. The third-order valence-electron chi connectivity index (χ3n) is 1.55. The van der Waals surface area contributed by atoms with Crippen LogP contribution in [-0.4, -0.2) is 11.1 Å². The average molecular weight is 153 g/mol. The van der Waals surface area contributed by atoms with Crippen molar-refractivity contribution in [1.82, 2.24) is 4.98 Å². The van der Waals surface area contributed by atoms with Gasteiger partial charge in [-0.1, -0.05) is 0 Å².